The van der Waals surface area contributed by atoms with Gasteiger partial charge < -0.3 is 10.2 Å². The van der Waals surface area contributed by atoms with Crippen molar-refractivity contribution in [2.45, 2.75) is 45.2 Å². The number of anilines is 1. The highest BCUT2D eigenvalue weighted by Gasteiger charge is 2.33. The lowest BCUT2D eigenvalue weighted by atomic mass is 10.1. The molecule has 9 heteroatoms. The quantitative estimate of drug-likeness (QED) is 0.388. The van der Waals surface area contributed by atoms with Gasteiger partial charge in [0.25, 0.3) is 10.0 Å². The summed E-state index contributed by atoms with van der Waals surface area (Å²) in [7, 11) is -4.14. The summed E-state index contributed by atoms with van der Waals surface area (Å²) in [5.41, 5.74) is 1.22. The lowest BCUT2D eigenvalue weighted by Crippen LogP contribution is -2.51. The number of carbonyl (C=O) groups excluding carboxylic acids is 2. The zero-order chi connectivity index (χ0) is 27.9. The zero-order valence-corrected chi connectivity index (χ0v) is 22.9. The molecule has 0 saturated carbocycles. The summed E-state index contributed by atoms with van der Waals surface area (Å²) in [6.45, 7) is 6.84. The molecule has 0 heterocycles. The van der Waals surface area contributed by atoms with Crippen molar-refractivity contribution in [3.63, 3.8) is 0 Å². The highest BCUT2D eigenvalue weighted by molar-refractivity contribution is 7.92. The van der Waals surface area contributed by atoms with E-state index in [0.717, 1.165) is 4.31 Å². The number of aryl methyl sites for hydroxylation is 1. The molecule has 2 amide bonds. The van der Waals surface area contributed by atoms with Crippen molar-refractivity contribution < 1.29 is 22.4 Å². The van der Waals surface area contributed by atoms with Crippen LogP contribution < -0.4 is 9.62 Å². The Kier molecular flexibility index (Phi) is 9.63. The van der Waals surface area contributed by atoms with Crippen molar-refractivity contribution in [3.8, 4) is 0 Å². The second-order valence-corrected chi connectivity index (χ2v) is 11.4. The van der Waals surface area contributed by atoms with Crippen LogP contribution >= 0.6 is 0 Å². The molecular formula is C29H34FN3O4S. The molecule has 0 aliphatic rings. The van der Waals surface area contributed by atoms with E-state index < -0.39 is 40.2 Å². The first-order valence-electron chi connectivity index (χ1n) is 12.5. The van der Waals surface area contributed by atoms with Crippen LogP contribution in [0.2, 0.25) is 0 Å². The number of hydrogen-bond donors (Lipinski definition) is 1. The third-order valence-corrected chi connectivity index (χ3v) is 7.92. The van der Waals surface area contributed by atoms with Gasteiger partial charge in [-0.25, -0.2) is 12.8 Å². The average Bonchev–Trinajstić information content (AvgIpc) is 2.90. The van der Waals surface area contributed by atoms with E-state index in [1.165, 1.54) is 35.2 Å². The Morgan fingerprint density at radius 2 is 1.50 bits per heavy atom. The average molecular weight is 540 g/mol. The van der Waals surface area contributed by atoms with E-state index in [9.17, 15) is 22.4 Å². The van der Waals surface area contributed by atoms with E-state index in [1.54, 1.807) is 62.4 Å². The van der Waals surface area contributed by atoms with Crippen LogP contribution in [0.25, 0.3) is 0 Å². The van der Waals surface area contributed by atoms with E-state index in [1.807, 2.05) is 13.8 Å². The summed E-state index contributed by atoms with van der Waals surface area (Å²) in [4.78, 5) is 28.0. The summed E-state index contributed by atoms with van der Waals surface area (Å²) in [5, 5.41) is 2.81. The SMILES string of the molecule is Cc1ccccc1N(CC(=O)N(Cc1ccccc1F)C(C)C(=O)NCC(C)C)S(=O)(=O)c1ccccc1. The van der Waals surface area contributed by atoms with Crippen molar-refractivity contribution in [2.24, 2.45) is 5.92 Å². The molecule has 3 aromatic carbocycles. The van der Waals surface area contributed by atoms with Gasteiger partial charge in [-0.1, -0.05) is 68.4 Å². The summed E-state index contributed by atoms with van der Waals surface area (Å²) >= 11 is 0. The van der Waals surface area contributed by atoms with E-state index >= 15 is 0 Å². The minimum Gasteiger partial charge on any atom is -0.354 e. The number of nitrogens with one attached hydrogen (secondary N) is 1. The number of carbonyl (C=O) groups is 2. The van der Waals surface area contributed by atoms with Gasteiger partial charge in [-0.2, -0.15) is 0 Å². The van der Waals surface area contributed by atoms with Crippen LogP contribution in [-0.4, -0.2) is 44.3 Å². The molecule has 3 rings (SSSR count). The van der Waals surface area contributed by atoms with Gasteiger partial charge in [0.05, 0.1) is 10.6 Å². The number of hydrogen-bond acceptors (Lipinski definition) is 4. The Morgan fingerprint density at radius 3 is 2.13 bits per heavy atom. The van der Waals surface area contributed by atoms with Crippen molar-refractivity contribution in [3.05, 3.63) is 95.8 Å². The van der Waals surface area contributed by atoms with Gasteiger partial charge in [0, 0.05) is 18.7 Å². The molecule has 1 atom stereocenters. The van der Waals surface area contributed by atoms with Crippen LogP contribution in [0.5, 0.6) is 0 Å². The third-order valence-electron chi connectivity index (χ3n) is 6.14. The first-order valence-corrected chi connectivity index (χ1v) is 13.9. The molecule has 0 saturated heterocycles. The van der Waals surface area contributed by atoms with Crippen molar-refractivity contribution >= 4 is 27.5 Å². The van der Waals surface area contributed by atoms with Gasteiger partial charge in [-0.05, 0) is 49.6 Å². The first-order chi connectivity index (χ1) is 18.0. The van der Waals surface area contributed by atoms with Crippen LogP contribution in [0.15, 0.2) is 83.8 Å². The van der Waals surface area contributed by atoms with E-state index in [4.69, 9.17) is 0 Å². The molecule has 202 valence electrons. The monoisotopic (exact) mass is 539 g/mol. The van der Waals surface area contributed by atoms with Gasteiger partial charge in [0.15, 0.2) is 0 Å². The molecule has 0 spiro atoms. The van der Waals surface area contributed by atoms with Crippen LogP contribution in [0.4, 0.5) is 10.1 Å². The number of amides is 2. The van der Waals surface area contributed by atoms with Gasteiger partial charge in [-0.15, -0.1) is 0 Å². The van der Waals surface area contributed by atoms with Crippen LogP contribution in [-0.2, 0) is 26.2 Å². The first kappa shape index (κ1) is 28.8. The van der Waals surface area contributed by atoms with Gasteiger partial charge in [-0.3, -0.25) is 13.9 Å². The summed E-state index contributed by atoms with van der Waals surface area (Å²) < 4.78 is 43.1. The molecule has 0 bridgehead atoms. The highest BCUT2D eigenvalue weighted by Crippen LogP contribution is 2.27. The fraction of sp³-hybridized carbons (Fsp3) is 0.310. The number of benzene rings is 3. The fourth-order valence-corrected chi connectivity index (χ4v) is 5.42. The molecule has 0 aliphatic heterocycles. The molecule has 1 unspecified atom stereocenters. The van der Waals surface area contributed by atoms with Crippen molar-refractivity contribution in [1.82, 2.24) is 10.2 Å². The Labute approximate surface area is 224 Å². The Morgan fingerprint density at radius 1 is 0.895 bits per heavy atom. The number of rotatable bonds is 11. The fourth-order valence-electron chi connectivity index (χ4n) is 3.92. The second kappa shape index (κ2) is 12.7. The number of para-hydroxylation sites is 1. The van der Waals surface area contributed by atoms with Gasteiger partial charge in [0.1, 0.15) is 18.4 Å². The van der Waals surface area contributed by atoms with Gasteiger partial charge >= 0.3 is 0 Å². The lowest BCUT2D eigenvalue weighted by molar-refractivity contribution is -0.139. The molecule has 0 radical (unpaired) electrons. The van der Waals surface area contributed by atoms with Gasteiger partial charge in [0.2, 0.25) is 11.8 Å². The molecule has 38 heavy (non-hydrogen) atoms. The molecule has 1 N–H and O–H groups in total. The predicted molar refractivity (Wildman–Crippen MR) is 146 cm³/mol. The molecule has 7 nitrogen and oxygen atoms in total. The summed E-state index contributed by atoms with van der Waals surface area (Å²) in [6.07, 6.45) is 0. The lowest BCUT2D eigenvalue weighted by Gasteiger charge is -2.32. The topological polar surface area (TPSA) is 86.8 Å². The smallest absolute Gasteiger partial charge is 0.264 e. The van der Waals surface area contributed by atoms with Crippen LogP contribution in [0.1, 0.15) is 31.9 Å². The standard InChI is InChI=1S/C29H34FN3O4S/c1-21(2)18-31-29(35)23(4)32(19-24-13-9-10-16-26(24)30)28(34)20-33(27-17-11-8-12-22(27)3)38(36,37)25-14-6-5-7-15-25/h5-17,21,23H,18-20H2,1-4H3,(H,31,35). The third kappa shape index (κ3) is 6.98. The largest absolute Gasteiger partial charge is 0.354 e. The minimum atomic E-state index is -4.14. The molecule has 0 fully saturated rings. The normalized spacial score (nSPS) is 12.2. The Hall–Kier alpha value is -3.72. The Bertz CT molecular complexity index is 1360. The van der Waals surface area contributed by atoms with Crippen molar-refractivity contribution in [2.75, 3.05) is 17.4 Å². The van der Waals surface area contributed by atoms with Crippen molar-refractivity contribution in [1.29, 1.82) is 0 Å². The maximum atomic E-state index is 14.6. The zero-order valence-electron chi connectivity index (χ0n) is 22.1. The van der Waals surface area contributed by atoms with E-state index in [-0.39, 0.29) is 22.9 Å². The van der Waals surface area contributed by atoms with E-state index in [2.05, 4.69) is 5.32 Å². The summed E-state index contributed by atoms with van der Waals surface area (Å²) in [5.74, 6) is -1.37. The Balaban J connectivity index is 2.02. The number of halogens is 1. The molecule has 0 aromatic heterocycles. The second-order valence-electron chi connectivity index (χ2n) is 9.54. The van der Waals surface area contributed by atoms with Crippen LogP contribution in [0, 0.1) is 18.7 Å². The van der Waals surface area contributed by atoms with Crippen LogP contribution in [0.3, 0.4) is 0 Å². The van der Waals surface area contributed by atoms with E-state index in [0.29, 0.717) is 17.8 Å². The maximum absolute atomic E-state index is 14.6. The molecule has 0 aliphatic carbocycles. The molecule has 3 aromatic rings. The summed E-state index contributed by atoms with van der Waals surface area (Å²) in [6, 6.07) is 19.7. The highest BCUT2D eigenvalue weighted by atomic mass is 32.2. The molecular weight excluding hydrogens is 505 g/mol. The predicted octanol–water partition coefficient (Wildman–Crippen LogP) is 4.52. The number of nitrogens with zero attached hydrogens (tertiary/aromatic N) is 2. The maximum Gasteiger partial charge on any atom is 0.264 e. The minimum absolute atomic E-state index is 0.0273. The number of sulfonamides is 1.